The maximum absolute atomic E-state index is 6.46. The van der Waals surface area contributed by atoms with Crippen LogP contribution in [0.4, 0.5) is 0 Å². The van der Waals surface area contributed by atoms with E-state index in [1.807, 2.05) is 79.2 Å². The standard InChI is InChI=1S/C37H24N4OS/c1-40-31-16-4-3-15-30(31)39-36(40)23-9-6-11-25(21-23)42-26-12-7-10-24(22-26)41-32-19-18-28-27-13-2-5-17-33(27)43-35(28)34(32)29-14-8-20-38-37(29)41/h2-22H,1H3. The van der Waals surface area contributed by atoms with Gasteiger partial charge in [0, 0.05) is 55.8 Å². The van der Waals surface area contributed by atoms with Gasteiger partial charge in [0.2, 0.25) is 0 Å². The molecule has 0 unspecified atom stereocenters. The quantitative estimate of drug-likeness (QED) is 0.211. The fourth-order valence-electron chi connectivity index (χ4n) is 6.30. The number of ether oxygens (including phenoxy) is 1. The van der Waals surface area contributed by atoms with E-state index in [0.717, 1.165) is 56.2 Å². The number of aryl methyl sites for hydroxylation is 1. The highest BCUT2D eigenvalue weighted by Crippen LogP contribution is 2.43. The molecule has 9 aromatic rings. The Morgan fingerprint density at radius 2 is 1.49 bits per heavy atom. The maximum Gasteiger partial charge on any atom is 0.145 e. The minimum atomic E-state index is 0.758. The summed E-state index contributed by atoms with van der Waals surface area (Å²) in [5.74, 6) is 2.42. The van der Waals surface area contributed by atoms with Gasteiger partial charge in [0.05, 0.1) is 22.2 Å². The van der Waals surface area contributed by atoms with Gasteiger partial charge in [-0.3, -0.25) is 4.57 Å². The van der Waals surface area contributed by atoms with Crippen LogP contribution in [-0.4, -0.2) is 19.1 Å². The molecule has 6 heteroatoms. The van der Waals surface area contributed by atoms with E-state index in [2.05, 4.69) is 75.9 Å². The van der Waals surface area contributed by atoms with E-state index in [0.29, 0.717) is 0 Å². The lowest BCUT2D eigenvalue weighted by Gasteiger charge is -2.11. The first kappa shape index (κ1) is 24.2. The summed E-state index contributed by atoms with van der Waals surface area (Å²) in [6, 6.07) is 41.9. The summed E-state index contributed by atoms with van der Waals surface area (Å²) >= 11 is 1.85. The predicted octanol–water partition coefficient (Wildman–Crippen LogP) is 9.89. The normalized spacial score (nSPS) is 11.8. The number of benzene rings is 5. The summed E-state index contributed by atoms with van der Waals surface area (Å²) in [4.78, 5) is 9.73. The van der Waals surface area contributed by atoms with Crippen LogP contribution in [0.15, 0.2) is 128 Å². The molecule has 9 rings (SSSR count). The minimum Gasteiger partial charge on any atom is -0.457 e. The Kier molecular flexibility index (Phi) is 5.21. The zero-order chi connectivity index (χ0) is 28.5. The van der Waals surface area contributed by atoms with Gasteiger partial charge in [-0.05, 0) is 60.7 Å². The molecule has 0 fully saturated rings. The Morgan fingerprint density at radius 3 is 2.42 bits per heavy atom. The molecule has 5 aromatic carbocycles. The molecule has 0 saturated heterocycles. The summed E-state index contributed by atoms with van der Waals surface area (Å²) < 4.78 is 13.4. The molecular formula is C37H24N4OS. The monoisotopic (exact) mass is 572 g/mol. The van der Waals surface area contributed by atoms with Crippen LogP contribution >= 0.6 is 11.3 Å². The van der Waals surface area contributed by atoms with Crippen molar-refractivity contribution in [1.82, 2.24) is 19.1 Å². The molecule has 0 amide bonds. The molecular weight excluding hydrogens is 549 g/mol. The van der Waals surface area contributed by atoms with Gasteiger partial charge in [-0.25, -0.2) is 9.97 Å². The Balaban J connectivity index is 1.16. The van der Waals surface area contributed by atoms with Gasteiger partial charge in [-0.2, -0.15) is 0 Å². The topological polar surface area (TPSA) is 44.9 Å². The van der Waals surface area contributed by atoms with Gasteiger partial charge in [-0.15, -0.1) is 11.3 Å². The van der Waals surface area contributed by atoms with Crippen molar-refractivity contribution >= 4 is 64.5 Å². The van der Waals surface area contributed by atoms with Crippen molar-refractivity contribution in [1.29, 1.82) is 0 Å². The zero-order valence-electron chi connectivity index (χ0n) is 23.2. The van der Waals surface area contributed by atoms with Crippen LogP contribution in [-0.2, 0) is 7.05 Å². The van der Waals surface area contributed by atoms with Gasteiger partial charge >= 0.3 is 0 Å². The van der Waals surface area contributed by atoms with Gasteiger partial charge < -0.3 is 9.30 Å². The molecule has 0 bridgehead atoms. The fourth-order valence-corrected chi connectivity index (χ4v) is 7.55. The molecule has 4 heterocycles. The Labute approximate surface area is 250 Å². The molecule has 0 radical (unpaired) electrons. The molecule has 0 saturated carbocycles. The third kappa shape index (κ3) is 3.70. The molecule has 4 aromatic heterocycles. The molecule has 0 aliphatic rings. The van der Waals surface area contributed by atoms with E-state index in [1.54, 1.807) is 0 Å². The maximum atomic E-state index is 6.46. The van der Waals surface area contributed by atoms with Gasteiger partial charge in [0.25, 0.3) is 0 Å². The van der Waals surface area contributed by atoms with Crippen LogP contribution in [0.3, 0.4) is 0 Å². The minimum absolute atomic E-state index is 0.758. The van der Waals surface area contributed by atoms with Crippen LogP contribution in [0, 0.1) is 0 Å². The van der Waals surface area contributed by atoms with Crippen molar-refractivity contribution in [3.05, 3.63) is 128 Å². The third-order valence-electron chi connectivity index (χ3n) is 8.22. The lowest BCUT2D eigenvalue weighted by molar-refractivity contribution is 0.482. The average molecular weight is 573 g/mol. The van der Waals surface area contributed by atoms with Crippen molar-refractivity contribution in [2.45, 2.75) is 0 Å². The summed E-state index contributed by atoms with van der Waals surface area (Å²) in [7, 11) is 2.05. The lowest BCUT2D eigenvalue weighted by atomic mass is 10.1. The van der Waals surface area contributed by atoms with E-state index in [1.165, 1.54) is 25.6 Å². The summed E-state index contributed by atoms with van der Waals surface area (Å²) in [6.07, 6.45) is 1.87. The second-order valence-electron chi connectivity index (χ2n) is 10.8. The highest BCUT2D eigenvalue weighted by atomic mass is 32.1. The lowest BCUT2D eigenvalue weighted by Crippen LogP contribution is -1.96. The number of imidazole rings is 1. The highest BCUT2D eigenvalue weighted by Gasteiger charge is 2.18. The number of para-hydroxylation sites is 2. The largest absolute Gasteiger partial charge is 0.457 e. The first-order valence-electron chi connectivity index (χ1n) is 14.2. The highest BCUT2D eigenvalue weighted by molar-refractivity contribution is 7.26. The van der Waals surface area contributed by atoms with Crippen molar-refractivity contribution < 1.29 is 4.74 Å². The second kappa shape index (κ2) is 9.28. The summed E-state index contributed by atoms with van der Waals surface area (Å²) in [5, 5.41) is 4.97. The molecule has 0 spiro atoms. The Morgan fingerprint density at radius 1 is 0.674 bits per heavy atom. The van der Waals surface area contributed by atoms with Crippen LogP contribution in [0.25, 0.3) is 70.2 Å². The summed E-state index contributed by atoms with van der Waals surface area (Å²) in [5.41, 5.74) is 6.16. The first-order chi connectivity index (χ1) is 21.2. The van der Waals surface area contributed by atoms with Crippen molar-refractivity contribution in [2.24, 2.45) is 7.05 Å². The van der Waals surface area contributed by atoms with Crippen LogP contribution in [0.2, 0.25) is 0 Å². The molecule has 0 aliphatic carbocycles. The number of hydrogen-bond donors (Lipinski definition) is 0. The smallest absolute Gasteiger partial charge is 0.145 e. The van der Waals surface area contributed by atoms with E-state index in [-0.39, 0.29) is 0 Å². The van der Waals surface area contributed by atoms with Crippen LogP contribution < -0.4 is 4.74 Å². The second-order valence-corrected chi connectivity index (χ2v) is 11.8. The van der Waals surface area contributed by atoms with E-state index in [9.17, 15) is 0 Å². The molecule has 5 nitrogen and oxygen atoms in total. The predicted molar refractivity (Wildman–Crippen MR) is 178 cm³/mol. The van der Waals surface area contributed by atoms with Crippen molar-refractivity contribution in [3.8, 4) is 28.6 Å². The number of aromatic nitrogens is 4. The van der Waals surface area contributed by atoms with E-state index in [4.69, 9.17) is 14.7 Å². The Bertz CT molecular complexity index is 2520. The van der Waals surface area contributed by atoms with Gasteiger partial charge in [-0.1, -0.05) is 54.6 Å². The molecule has 0 aliphatic heterocycles. The molecule has 0 N–H and O–H groups in total. The molecule has 0 atom stereocenters. The number of nitrogens with zero attached hydrogens (tertiary/aromatic N) is 4. The van der Waals surface area contributed by atoms with Crippen LogP contribution in [0.5, 0.6) is 11.5 Å². The molecule has 204 valence electrons. The first-order valence-corrected chi connectivity index (χ1v) is 15.0. The van der Waals surface area contributed by atoms with Gasteiger partial charge in [0.15, 0.2) is 0 Å². The summed E-state index contributed by atoms with van der Waals surface area (Å²) in [6.45, 7) is 0. The van der Waals surface area contributed by atoms with E-state index >= 15 is 0 Å². The fraction of sp³-hybridized carbons (Fsp3) is 0.0270. The SMILES string of the molecule is Cn1c(-c2cccc(Oc3cccc(-n4c5ccc6c7ccccc7sc6c5c5cccnc54)c3)c2)nc2ccccc21. The van der Waals surface area contributed by atoms with Crippen molar-refractivity contribution in [3.63, 3.8) is 0 Å². The van der Waals surface area contributed by atoms with Crippen LogP contribution in [0.1, 0.15) is 0 Å². The Hall–Kier alpha value is -5.46. The third-order valence-corrected chi connectivity index (χ3v) is 9.43. The number of hydrogen-bond acceptors (Lipinski definition) is 4. The van der Waals surface area contributed by atoms with Crippen molar-refractivity contribution in [2.75, 3.05) is 0 Å². The average Bonchev–Trinajstić information content (AvgIpc) is 3.70. The number of fused-ring (bicyclic) bond motifs is 8. The zero-order valence-corrected chi connectivity index (χ0v) is 24.0. The number of thiophene rings is 1. The van der Waals surface area contributed by atoms with E-state index < -0.39 is 0 Å². The molecule has 43 heavy (non-hydrogen) atoms. The number of pyridine rings is 1. The number of rotatable bonds is 4. The van der Waals surface area contributed by atoms with Gasteiger partial charge in [0.1, 0.15) is 23.0 Å².